The van der Waals surface area contributed by atoms with Crippen LogP contribution >= 0.6 is 11.3 Å². The van der Waals surface area contributed by atoms with Gasteiger partial charge in [-0.2, -0.15) is 0 Å². The third kappa shape index (κ3) is 6.11. The van der Waals surface area contributed by atoms with Gasteiger partial charge in [0.2, 0.25) is 5.91 Å². The summed E-state index contributed by atoms with van der Waals surface area (Å²) in [6.45, 7) is 5.76. The number of hydrogen-bond acceptors (Lipinski definition) is 5. The number of nitrogens with one attached hydrogen (secondary N) is 1. The van der Waals surface area contributed by atoms with Crippen molar-refractivity contribution in [1.82, 2.24) is 9.88 Å². The van der Waals surface area contributed by atoms with Crippen molar-refractivity contribution >= 4 is 22.4 Å². The molecule has 0 aliphatic carbocycles. The van der Waals surface area contributed by atoms with E-state index in [4.69, 9.17) is 4.74 Å². The lowest BCUT2D eigenvalue weighted by molar-refractivity contribution is -0.116. The first-order chi connectivity index (χ1) is 12.7. The number of likely N-dealkylation sites (tertiary alicyclic amines) is 1. The quantitative estimate of drug-likeness (QED) is 0.704. The second-order valence-electron chi connectivity index (χ2n) is 6.80. The molecule has 0 bridgehead atoms. The Labute approximate surface area is 159 Å². The predicted octanol–water partition coefficient (Wildman–Crippen LogP) is 4.24. The van der Waals surface area contributed by atoms with E-state index in [1.54, 1.807) is 0 Å². The number of ether oxygens (including phenoxy) is 1. The Kier molecular flexibility index (Phi) is 7.03. The van der Waals surface area contributed by atoms with Crippen molar-refractivity contribution in [3.63, 3.8) is 0 Å². The molecule has 1 saturated heterocycles. The number of benzene rings is 1. The highest BCUT2D eigenvalue weighted by Crippen LogP contribution is 2.19. The fraction of sp³-hybridized carbons (Fsp3) is 0.500. The summed E-state index contributed by atoms with van der Waals surface area (Å²) in [5.74, 6) is 0.851. The maximum atomic E-state index is 12.1. The van der Waals surface area contributed by atoms with E-state index in [0.717, 1.165) is 31.1 Å². The monoisotopic (exact) mass is 373 g/mol. The summed E-state index contributed by atoms with van der Waals surface area (Å²) in [5, 5.41) is 5.64. The molecule has 0 atom stereocenters. The van der Waals surface area contributed by atoms with E-state index in [1.165, 1.54) is 36.2 Å². The summed E-state index contributed by atoms with van der Waals surface area (Å²) in [5.41, 5.74) is 2.22. The number of piperidine rings is 1. The summed E-state index contributed by atoms with van der Waals surface area (Å²) >= 11 is 1.50. The molecule has 6 heteroatoms. The van der Waals surface area contributed by atoms with Crippen LogP contribution in [-0.4, -0.2) is 35.5 Å². The van der Waals surface area contributed by atoms with Gasteiger partial charge in [0.15, 0.2) is 5.13 Å². The van der Waals surface area contributed by atoms with Crippen LogP contribution in [0, 0.1) is 6.92 Å². The lowest BCUT2D eigenvalue weighted by Crippen LogP contribution is -2.29. The Morgan fingerprint density at radius 2 is 2.15 bits per heavy atom. The fourth-order valence-corrected chi connectivity index (χ4v) is 3.81. The van der Waals surface area contributed by atoms with Gasteiger partial charge in [-0.15, -0.1) is 11.3 Å². The Hall–Kier alpha value is -1.92. The Morgan fingerprint density at radius 3 is 2.96 bits per heavy atom. The number of amides is 1. The molecule has 1 fully saturated rings. The number of hydrogen-bond donors (Lipinski definition) is 1. The number of anilines is 1. The molecule has 1 amide bonds. The summed E-state index contributed by atoms with van der Waals surface area (Å²) < 4.78 is 5.68. The van der Waals surface area contributed by atoms with Gasteiger partial charge in [-0.1, -0.05) is 18.6 Å². The lowest BCUT2D eigenvalue weighted by atomic mass is 10.1. The third-order valence-electron chi connectivity index (χ3n) is 4.44. The summed E-state index contributed by atoms with van der Waals surface area (Å²) in [7, 11) is 0. The van der Waals surface area contributed by atoms with Crippen LogP contribution in [0.25, 0.3) is 0 Å². The van der Waals surface area contributed by atoms with Crippen LogP contribution < -0.4 is 10.1 Å². The minimum absolute atomic E-state index is 0.00304. The Bertz CT molecular complexity index is 711. The lowest BCUT2D eigenvalue weighted by Gasteiger charge is -2.25. The SMILES string of the molecule is Cc1cccc(OCCCC(=O)Nc2nc(CN3CCCCC3)cs2)c1. The number of aryl methyl sites for hydroxylation is 1. The first-order valence-corrected chi connectivity index (χ1v) is 10.2. The fourth-order valence-electron chi connectivity index (χ4n) is 3.09. The summed E-state index contributed by atoms with van der Waals surface area (Å²) in [6.07, 6.45) is 5.01. The first kappa shape index (κ1) is 18.9. The third-order valence-corrected chi connectivity index (χ3v) is 5.25. The molecule has 1 aromatic carbocycles. The van der Waals surface area contributed by atoms with E-state index >= 15 is 0 Å². The maximum Gasteiger partial charge on any atom is 0.226 e. The number of aromatic nitrogens is 1. The van der Waals surface area contributed by atoms with Crippen molar-refractivity contribution in [2.45, 2.75) is 45.6 Å². The van der Waals surface area contributed by atoms with Crippen molar-refractivity contribution in [2.75, 3.05) is 25.0 Å². The van der Waals surface area contributed by atoms with Gasteiger partial charge in [0.1, 0.15) is 5.75 Å². The van der Waals surface area contributed by atoms with E-state index in [-0.39, 0.29) is 5.91 Å². The first-order valence-electron chi connectivity index (χ1n) is 9.35. The van der Waals surface area contributed by atoms with Gasteiger partial charge >= 0.3 is 0 Å². The molecule has 0 spiro atoms. The molecular weight excluding hydrogens is 346 g/mol. The summed E-state index contributed by atoms with van der Waals surface area (Å²) in [4.78, 5) is 19.0. The van der Waals surface area contributed by atoms with Gasteiger partial charge in [-0.25, -0.2) is 4.98 Å². The second kappa shape index (κ2) is 9.69. The van der Waals surface area contributed by atoms with Gasteiger partial charge in [0.25, 0.3) is 0 Å². The number of rotatable bonds is 8. The smallest absolute Gasteiger partial charge is 0.226 e. The molecule has 2 aromatic rings. The van der Waals surface area contributed by atoms with Crippen LogP contribution in [0.4, 0.5) is 5.13 Å². The molecule has 1 aromatic heterocycles. The largest absolute Gasteiger partial charge is 0.494 e. The minimum Gasteiger partial charge on any atom is -0.494 e. The van der Waals surface area contributed by atoms with E-state index < -0.39 is 0 Å². The zero-order chi connectivity index (χ0) is 18.2. The molecule has 1 N–H and O–H groups in total. The highest BCUT2D eigenvalue weighted by Gasteiger charge is 2.13. The molecule has 0 saturated carbocycles. The summed E-state index contributed by atoms with van der Waals surface area (Å²) in [6, 6.07) is 7.95. The van der Waals surface area contributed by atoms with Crippen molar-refractivity contribution in [2.24, 2.45) is 0 Å². The standard InChI is InChI=1S/C20H27N3O2S/c1-16-7-5-8-18(13-16)25-12-6-9-19(24)22-20-21-17(15-26-20)14-23-10-3-2-4-11-23/h5,7-8,13,15H,2-4,6,9-12,14H2,1H3,(H,21,22,24). The highest BCUT2D eigenvalue weighted by atomic mass is 32.1. The molecular formula is C20H27N3O2S. The van der Waals surface area contributed by atoms with Crippen LogP contribution in [0.1, 0.15) is 43.4 Å². The average Bonchev–Trinajstić information content (AvgIpc) is 3.06. The molecule has 26 heavy (non-hydrogen) atoms. The van der Waals surface area contributed by atoms with Crippen LogP contribution in [0.2, 0.25) is 0 Å². The van der Waals surface area contributed by atoms with Gasteiger partial charge < -0.3 is 10.1 Å². The maximum absolute atomic E-state index is 12.1. The van der Waals surface area contributed by atoms with Gasteiger partial charge in [0, 0.05) is 18.3 Å². The Balaban J connectivity index is 1.35. The molecule has 5 nitrogen and oxygen atoms in total. The minimum atomic E-state index is -0.00304. The van der Waals surface area contributed by atoms with E-state index in [9.17, 15) is 4.79 Å². The normalized spacial score (nSPS) is 15.0. The molecule has 1 aliphatic rings. The molecule has 0 unspecified atom stereocenters. The van der Waals surface area contributed by atoms with E-state index in [2.05, 4.69) is 15.2 Å². The highest BCUT2D eigenvalue weighted by molar-refractivity contribution is 7.13. The average molecular weight is 374 g/mol. The number of nitrogens with zero attached hydrogens (tertiary/aromatic N) is 2. The molecule has 3 rings (SSSR count). The number of thiazole rings is 1. The van der Waals surface area contributed by atoms with E-state index in [0.29, 0.717) is 24.6 Å². The second-order valence-corrected chi connectivity index (χ2v) is 7.66. The number of carbonyl (C=O) groups is 1. The zero-order valence-electron chi connectivity index (χ0n) is 15.4. The van der Waals surface area contributed by atoms with Gasteiger partial charge in [-0.3, -0.25) is 9.69 Å². The van der Waals surface area contributed by atoms with E-state index in [1.807, 2.05) is 36.6 Å². The van der Waals surface area contributed by atoms with Crippen molar-refractivity contribution in [1.29, 1.82) is 0 Å². The molecule has 2 heterocycles. The van der Waals surface area contributed by atoms with Crippen LogP contribution in [0.3, 0.4) is 0 Å². The van der Waals surface area contributed by atoms with Crippen molar-refractivity contribution < 1.29 is 9.53 Å². The number of carbonyl (C=O) groups excluding carboxylic acids is 1. The predicted molar refractivity (Wildman–Crippen MR) is 106 cm³/mol. The van der Waals surface area contributed by atoms with Crippen molar-refractivity contribution in [3.8, 4) is 5.75 Å². The molecule has 140 valence electrons. The molecule has 1 aliphatic heterocycles. The van der Waals surface area contributed by atoms with Crippen LogP contribution in [-0.2, 0) is 11.3 Å². The zero-order valence-corrected chi connectivity index (χ0v) is 16.2. The molecule has 0 radical (unpaired) electrons. The van der Waals surface area contributed by atoms with Gasteiger partial charge in [0.05, 0.1) is 12.3 Å². The van der Waals surface area contributed by atoms with Gasteiger partial charge in [-0.05, 0) is 57.0 Å². The Morgan fingerprint density at radius 1 is 1.31 bits per heavy atom. The van der Waals surface area contributed by atoms with Crippen molar-refractivity contribution in [3.05, 3.63) is 40.9 Å². The van der Waals surface area contributed by atoms with Crippen LogP contribution in [0.15, 0.2) is 29.6 Å². The van der Waals surface area contributed by atoms with Crippen LogP contribution in [0.5, 0.6) is 5.75 Å². The topological polar surface area (TPSA) is 54.5 Å².